The Bertz CT molecular complexity index is 1430. The maximum Gasteiger partial charge on any atom is 0.323 e. The SMILES string of the molecule is Cc1cccc(NC(=O)Nc2ccc(-c3cc(N4CCSCC4)c4nc(N5CCOCC5)sc4c3)cc2)c1. The maximum absolute atomic E-state index is 12.5. The first-order chi connectivity index (χ1) is 18.6. The van der Waals surface area contributed by atoms with E-state index < -0.39 is 0 Å². The molecule has 4 aromatic rings. The van der Waals surface area contributed by atoms with Crippen molar-refractivity contribution in [2.45, 2.75) is 6.92 Å². The zero-order valence-electron chi connectivity index (χ0n) is 21.4. The number of fused-ring (bicyclic) bond motifs is 1. The third kappa shape index (κ3) is 5.60. The van der Waals surface area contributed by atoms with E-state index in [0.29, 0.717) is 0 Å². The topological polar surface area (TPSA) is 69.7 Å². The summed E-state index contributed by atoms with van der Waals surface area (Å²) >= 11 is 3.78. The van der Waals surface area contributed by atoms with Crippen molar-refractivity contribution in [2.75, 3.05) is 71.3 Å². The zero-order chi connectivity index (χ0) is 25.9. The van der Waals surface area contributed by atoms with E-state index >= 15 is 0 Å². The van der Waals surface area contributed by atoms with E-state index in [1.54, 1.807) is 11.3 Å². The number of anilines is 4. The second-order valence-corrected chi connectivity index (χ2v) is 11.8. The minimum Gasteiger partial charge on any atom is -0.378 e. The summed E-state index contributed by atoms with van der Waals surface area (Å²) in [6.45, 7) is 7.34. The first-order valence-electron chi connectivity index (χ1n) is 13.0. The molecule has 3 heterocycles. The fourth-order valence-electron chi connectivity index (χ4n) is 4.86. The highest BCUT2D eigenvalue weighted by molar-refractivity contribution is 7.99. The van der Waals surface area contributed by atoms with Crippen LogP contribution < -0.4 is 20.4 Å². The van der Waals surface area contributed by atoms with Crippen LogP contribution in [0.15, 0.2) is 60.7 Å². The lowest BCUT2D eigenvalue weighted by molar-refractivity contribution is 0.122. The van der Waals surface area contributed by atoms with Crippen molar-refractivity contribution in [3.05, 3.63) is 66.2 Å². The van der Waals surface area contributed by atoms with Crippen molar-refractivity contribution in [3.63, 3.8) is 0 Å². The molecule has 7 nitrogen and oxygen atoms in total. The molecule has 1 aromatic heterocycles. The lowest BCUT2D eigenvalue weighted by Crippen LogP contribution is -2.36. The Morgan fingerprint density at radius 3 is 2.39 bits per heavy atom. The predicted octanol–water partition coefficient (Wildman–Crippen LogP) is 6.31. The molecule has 2 amide bonds. The highest BCUT2D eigenvalue weighted by atomic mass is 32.2. The molecule has 38 heavy (non-hydrogen) atoms. The summed E-state index contributed by atoms with van der Waals surface area (Å²) in [7, 11) is 0. The summed E-state index contributed by atoms with van der Waals surface area (Å²) < 4.78 is 6.76. The minimum absolute atomic E-state index is 0.254. The minimum atomic E-state index is -0.254. The molecule has 2 N–H and O–H groups in total. The summed E-state index contributed by atoms with van der Waals surface area (Å²) in [6, 6.07) is 20.1. The van der Waals surface area contributed by atoms with Crippen LogP contribution in [0.2, 0.25) is 0 Å². The number of amides is 2. The molecule has 2 fully saturated rings. The van der Waals surface area contributed by atoms with Gasteiger partial charge in [0.25, 0.3) is 0 Å². The maximum atomic E-state index is 12.5. The van der Waals surface area contributed by atoms with Crippen LogP contribution in [0, 0.1) is 6.92 Å². The van der Waals surface area contributed by atoms with Crippen molar-refractivity contribution in [1.29, 1.82) is 0 Å². The van der Waals surface area contributed by atoms with E-state index in [9.17, 15) is 4.79 Å². The summed E-state index contributed by atoms with van der Waals surface area (Å²) in [5.74, 6) is 2.27. The molecule has 0 saturated carbocycles. The van der Waals surface area contributed by atoms with Crippen LogP contribution in [0.4, 0.5) is 27.0 Å². The molecule has 2 aliphatic heterocycles. The highest BCUT2D eigenvalue weighted by Gasteiger charge is 2.21. The molecule has 0 atom stereocenters. The summed E-state index contributed by atoms with van der Waals surface area (Å²) in [6.07, 6.45) is 0. The van der Waals surface area contributed by atoms with Crippen molar-refractivity contribution >= 4 is 61.5 Å². The largest absolute Gasteiger partial charge is 0.378 e. The van der Waals surface area contributed by atoms with Crippen molar-refractivity contribution in [2.24, 2.45) is 0 Å². The van der Waals surface area contributed by atoms with Gasteiger partial charge in [0.15, 0.2) is 5.13 Å². The molecule has 3 aromatic carbocycles. The number of urea groups is 1. The highest BCUT2D eigenvalue weighted by Crippen LogP contribution is 2.39. The Hall–Kier alpha value is -3.27. The van der Waals surface area contributed by atoms with Gasteiger partial charge in [-0.25, -0.2) is 9.78 Å². The van der Waals surface area contributed by atoms with Gasteiger partial charge in [0.2, 0.25) is 0 Å². The van der Waals surface area contributed by atoms with Gasteiger partial charge in [-0.05, 0) is 60.0 Å². The van der Waals surface area contributed by atoms with E-state index in [-0.39, 0.29) is 6.03 Å². The Balaban J connectivity index is 1.26. The van der Waals surface area contributed by atoms with Crippen LogP contribution in [-0.2, 0) is 4.74 Å². The smallest absolute Gasteiger partial charge is 0.323 e. The monoisotopic (exact) mass is 545 g/mol. The number of thiazole rings is 1. The van der Waals surface area contributed by atoms with Gasteiger partial charge < -0.3 is 25.2 Å². The number of carbonyl (C=O) groups excluding carboxylic acids is 1. The molecule has 196 valence electrons. The van der Waals surface area contributed by atoms with Crippen LogP contribution >= 0.6 is 23.1 Å². The number of hydrogen-bond acceptors (Lipinski definition) is 7. The van der Waals surface area contributed by atoms with Gasteiger partial charge in [-0.3, -0.25) is 0 Å². The fraction of sp³-hybridized carbons (Fsp3) is 0.310. The third-order valence-electron chi connectivity index (χ3n) is 6.85. The quantitative estimate of drug-likeness (QED) is 0.307. The van der Waals surface area contributed by atoms with E-state index in [1.807, 2.05) is 55.1 Å². The number of benzene rings is 3. The normalized spacial score (nSPS) is 16.0. The molecule has 2 saturated heterocycles. The average molecular weight is 546 g/mol. The molecule has 0 aliphatic carbocycles. The van der Waals surface area contributed by atoms with Crippen molar-refractivity contribution in [1.82, 2.24) is 4.98 Å². The molecule has 0 spiro atoms. The van der Waals surface area contributed by atoms with Gasteiger partial charge in [0, 0.05) is 49.1 Å². The number of aryl methyl sites for hydroxylation is 1. The number of carbonyl (C=O) groups is 1. The van der Waals surface area contributed by atoms with Gasteiger partial charge in [-0.1, -0.05) is 35.6 Å². The number of rotatable bonds is 5. The predicted molar refractivity (Wildman–Crippen MR) is 161 cm³/mol. The van der Waals surface area contributed by atoms with Crippen LogP contribution in [0.25, 0.3) is 21.3 Å². The number of nitrogens with zero attached hydrogens (tertiary/aromatic N) is 3. The molecule has 0 bridgehead atoms. The van der Waals surface area contributed by atoms with Crippen LogP contribution in [-0.4, -0.2) is 61.9 Å². The number of nitrogens with one attached hydrogen (secondary N) is 2. The Morgan fingerprint density at radius 2 is 1.63 bits per heavy atom. The molecule has 2 aliphatic rings. The first kappa shape index (κ1) is 25.0. The van der Waals surface area contributed by atoms with Gasteiger partial charge in [-0.15, -0.1) is 0 Å². The lowest BCUT2D eigenvalue weighted by atomic mass is 10.0. The van der Waals surface area contributed by atoms with E-state index in [0.717, 1.165) is 84.0 Å². The number of ether oxygens (including phenoxy) is 1. The van der Waals surface area contributed by atoms with Crippen LogP contribution in [0.3, 0.4) is 0 Å². The second kappa shape index (κ2) is 11.2. The van der Waals surface area contributed by atoms with E-state index in [4.69, 9.17) is 9.72 Å². The fourth-order valence-corrected chi connectivity index (χ4v) is 6.85. The molecule has 6 rings (SSSR count). The number of aromatic nitrogens is 1. The van der Waals surface area contributed by atoms with Gasteiger partial charge >= 0.3 is 6.03 Å². The lowest BCUT2D eigenvalue weighted by Gasteiger charge is -2.29. The Morgan fingerprint density at radius 1 is 0.868 bits per heavy atom. The molecule has 0 unspecified atom stereocenters. The summed E-state index contributed by atoms with van der Waals surface area (Å²) in [5.41, 5.74) is 7.22. The number of morpholine rings is 1. The molecule has 9 heteroatoms. The summed E-state index contributed by atoms with van der Waals surface area (Å²) in [5, 5.41) is 6.91. The number of hydrogen-bond donors (Lipinski definition) is 2. The summed E-state index contributed by atoms with van der Waals surface area (Å²) in [4.78, 5) is 22.4. The van der Waals surface area contributed by atoms with Gasteiger partial charge in [0.05, 0.1) is 23.6 Å². The zero-order valence-corrected chi connectivity index (χ0v) is 23.0. The number of thioether (sulfide) groups is 1. The third-order valence-corrected chi connectivity index (χ3v) is 8.85. The van der Waals surface area contributed by atoms with E-state index in [1.165, 1.54) is 16.0 Å². The second-order valence-electron chi connectivity index (χ2n) is 9.56. The Labute approximate surface area is 231 Å². The average Bonchev–Trinajstić information content (AvgIpc) is 3.38. The van der Waals surface area contributed by atoms with Crippen molar-refractivity contribution in [3.8, 4) is 11.1 Å². The Kier molecular flexibility index (Phi) is 7.40. The van der Waals surface area contributed by atoms with Crippen LogP contribution in [0.5, 0.6) is 0 Å². The van der Waals surface area contributed by atoms with Gasteiger partial charge in [0.1, 0.15) is 5.52 Å². The van der Waals surface area contributed by atoms with Crippen molar-refractivity contribution < 1.29 is 9.53 Å². The van der Waals surface area contributed by atoms with E-state index in [2.05, 4.69) is 44.7 Å². The standard InChI is InChI=1S/C29H31N5O2S2/c1-20-3-2-4-24(17-20)31-28(35)30-23-7-5-21(6-8-23)22-18-25(33-11-15-37-16-12-33)27-26(19-22)38-29(32-27)34-9-13-36-14-10-34/h2-8,17-19H,9-16H2,1H3,(H2,30,31,35). The van der Waals surface area contributed by atoms with Gasteiger partial charge in [-0.2, -0.15) is 11.8 Å². The first-order valence-corrected chi connectivity index (χ1v) is 14.9. The van der Waals surface area contributed by atoms with Crippen LogP contribution in [0.1, 0.15) is 5.56 Å². The molecular formula is C29H31N5O2S2. The molecule has 0 radical (unpaired) electrons. The molecular weight excluding hydrogens is 514 g/mol.